The second kappa shape index (κ2) is 9.21. The van der Waals surface area contributed by atoms with Gasteiger partial charge in [-0.3, -0.25) is 0 Å². The van der Waals surface area contributed by atoms with E-state index in [0.29, 0.717) is 0 Å². The van der Waals surface area contributed by atoms with E-state index in [-0.39, 0.29) is 12.0 Å². The summed E-state index contributed by atoms with van der Waals surface area (Å²) in [5, 5.41) is 27.4. The van der Waals surface area contributed by atoms with Gasteiger partial charge in [0.2, 0.25) is 0 Å². The highest BCUT2D eigenvalue weighted by atomic mass is 16.3. The number of hydrogen-bond donors (Lipinski definition) is 3. The van der Waals surface area contributed by atoms with E-state index in [1.54, 1.807) is 6.33 Å². The Balaban J connectivity index is 1.15. The van der Waals surface area contributed by atoms with Crippen LogP contribution >= 0.6 is 0 Å². The molecule has 7 nitrogen and oxygen atoms in total. The first-order valence-corrected chi connectivity index (χ1v) is 12.9. The minimum Gasteiger partial charge on any atom is -0.390 e. The molecule has 0 bridgehead atoms. The molecule has 2 saturated carbocycles. The Morgan fingerprint density at radius 1 is 1.06 bits per heavy atom. The van der Waals surface area contributed by atoms with Crippen molar-refractivity contribution in [2.24, 2.45) is 11.8 Å². The first-order valence-electron chi connectivity index (χ1n) is 12.9. The monoisotopic (exact) mass is 471 g/mol. The van der Waals surface area contributed by atoms with Crippen LogP contribution < -0.4 is 5.32 Å². The van der Waals surface area contributed by atoms with Crippen LogP contribution in [0.5, 0.6) is 0 Å². The number of nitrogens with one attached hydrogen (secondary N) is 1. The first kappa shape index (κ1) is 22.4. The normalized spacial score (nSPS) is 24.4. The van der Waals surface area contributed by atoms with E-state index in [0.717, 1.165) is 71.6 Å². The molecule has 4 atom stereocenters. The van der Waals surface area contributed by atoms with Crippen molar-refractivity contribution >= 4 is 27.8 Å². The van der Waals surface area contributed by atoms with Crippen molar-refractivity contribution in [2.75, 3.05) is 11.9 Å². The molecule has 0 unspecified atom stereocenters. The molecular weight excluding hydrogens is 438 g/mol. The number of nitrogens with zero attached hydrogens (tertiary/aromatic N) is 4. The van der Waals surface area contributed by atoms with E-state index in [4.69, 9.17) is 4.98 Å². The quantitative estimate of drug-likeness (QED) is 0.355. The van der Waals surface area contributed by atoms with Crippen LogP contribution in [0.15, 0.2) is 48.9 Å². The van der Waals surface area contributed by atoms with Crippen molar-refractivity contribution in [3.8, 4) is 0 Å². The van der Waals surface area contributed by atoms with Gasteiger partial charge >= 0.3 is 0 Å². The Morgan fingerprint density at radius 3 is 2.74 bits per heavy atom. The predicted octanol–water partition coefficient (Wildman–Crippen LogP) is 4.28. The molecule has 6 rings (SSSR count). The second-order valence-electron chi connectivity index (χ2n) is 10.3. The molecular formula is C28H33N5O2. The molecule has 35 heavy (non-hydrogen) atoms. The fourth-order valence-corrected chi connectivity index (χ4v) is 5.57. The molecule has 2 aliphatic carbocycles. The van der Waals surface area contributed by atoms with E-state index in [1.807, 2.05) is 16.8 Å². The van der Waals surface area contributed by atoms with Gasteiger partial charge < -0.3 is 20.1 Å². The third kappa shape index (κ3) is 4.39. The minimum absolute atomic E-state index is 0.0233. The molecule has 0 spiro atoms. The van der Waals surface area contributed by atoms with Crippen LogP contribution in [0.25, 0.3) is 21.9 Å². The van der Waals surface area contributed by atoms with Gasteiger partial charge in [0.15, 0.2) is 0 Å². The Bertz CT molecular complexity index is 1350. The van der Waals surface area contributed by atoms with Crippen molar-refractivity contribution < 1.29 is 10.2 Å². The van der Waals surface area contributed by atoms with Crippen LogP contribution in [0.4, 0.5) is 5.82 Å². The lowest BCUT2D eigenvalue weighted by Gasteiger charge is -2.19. The van der Waals surface area contributed by atoms with E-state index in [2.05, 4.69) is 52.5 Å². The molecule has 0 radical (unpaired) electrons. The summed E-state index contributed by atoms with van der Waals surface area (Å²) in [6, 6.07) is 12.5. The smallest absolute Gasteiger partial charge is 0.143 e. The number of aromatic nitrogens is 4. The number of rotatable bonds is 8. The van der Waals surface area contributed by atoms with Crippen molar-refractivity contribution in [1.29, 1.82) is 0 Å². The largest absolute Gasteiger partial charge is 0.390 e. The lowest BCUT2D eigenvalue weighted by atomic mass is 9.95. The van der Waals surface area contributed by atoms with Crippen molar-refractivity contribution in [3.63, 3.8) is 0 Å². The van der Waals surface area contributed by atoms with Crippen molar-refractivity contribution in [2.45, 2.75) is 63.7 Å². The van der Waals surface area contributed by atoms with Crippen LogP contribution in [-0.4, -0.2) is 48.5 Å². The molecule has 4 aromatic rings. The topological polar surface area (TPSA) is 96.1 Å². The number of fused-ring (bicyclic) bond motifs is 2. The van der Waals surface area contributed by atoms with Gasteiger partial charge in [0.25, 0.3) is 0 Å². The maximum atomic E-state index is 10.9. The van der Waals surface area contributed by atoms with Gasteiger partial charge in [-0.2, -0.15) is 0 Å². The fraction of sp³-hybridized carbons (Fsp3) is 0.464. The van der Waals surface area contributed by atoms with Gasteiger partial charge in [-0.05, 0) is 80.2 Å². The zero-order valence-electron chi connectivity index (χ0n) is 20.1. The molecule has 3 heterocycles. The molecule has 3 aromatic heterocycles. The number of aliphatic hydroxyl groups is 2. The highest BCUT2D eigenvalue weighted by Crippen LogP contribution is 2.39. The number of aliphatic hydroxyl groups excluding tert-OH is 2. The van der Waals surface area contributed by atoms with Crippen molar-refractivity contribution in [3.05, 3.63) is 60.2 Å². The predicted molar refractivity (Wildman–Crippen MR) is 137 cm³/mol. The zero-order valence-corrected chi connectivity index (χ0v) is 20.1. The summed E-state index contributed by atoms with van der Waals surface area (Å²) in [6.07, 6.45) is 7.86. The number of pyridine rings is 1. The van der Waals surface area contributed by atoms with E-state index >= 15 is 0 Å². The summed E-state index contributed by atoms with van der Waals surface area (Å²) < 4.78 is 2.03. The molecule has 7 heteroatoms. The minimum atomic E-state index is -0.811. The Hall–Kier alpha value is -3.03. The number of aryl methyl sites for hydroxylation is 2. The van der Waals surface area contributed by atoms with E-state index in [9.17, 15) is 10.2 Å². The van der Waals surface area contributed by atoms with E-state index in [1.165, 1.54) is 18.4 Å². The third-order valence-corrected chi connectivity index (χ3v) is 7.88. The molecule has 1 aromatic carbocycles. The van der Waals surface area contributed by atoms with E-state index < -0.39 is 12.2 Å². The third-order valence-electron chi connectivity index (χ3n) is 7.88. The summed E-state index contributed by atoms with van der Waals surface area (Å²) >= 11 is 0. The molecule has 2 fully saturated rings. The average molecular weight is 472 g/mol. The van der Waals surface area contributed by atoms with Crippen LogP contribution in [0.1, 0.15) is 49.9 Å². The summed E-state index contributed by atoms with van der Waals surface area (Å²) in [4.78, 5) is 13.7. The van der Waals surface area contributed by atoms with Crippen molar-refractivity contribution in [1.82, 2.24) is 19.5 Å². The van der Waals surface area contributed by atoms with Gasteiger partial charge in [0, 0.05) is 23.5 Å². The van der Waals surface area contributed by atoms with Gasteiger partial charge in [-0.1, -0.05) is 19.1 Å². The molecule has 2 aliphatic rings. The van der Waals surface area contributed by atoms with Crippen LogP contribution in [-0.2, 0) is 12.8 Å². The standard InChI is InChI=1S/C28H33N5O2/c1-2-22-21-11-12-33(28(21)31-16-30-22)24-14-20(26(34)27(24)35)8-6-17-5-7-19-9-10-25(32-23(19)13-17)29-15-18-3-4-18/h5,7,9-13,16,18,20,24,26-27,34-35H,2-4,6,8,14-15H2,1H3,(H,29,32)/t20-,24+,26+,27-/m0/s1. The molecule has 182 valence electrons. The van der Waals surface area contributed by atoms with Gasteiger partial charge in [-0.15, -0.1) is 0 Å². The van der Waals surface area contributed by atoms with Gasteiger partial charge in [0.1, 0.15) is 23.9 Å². The maximum absolute atomic E-state index is 10.9. The SMILES string of the molecule is CCc1ncnc2c1ccn2[C@@H]1C[C@H](CCc2ccc3ccc(NCC4CC4)nc3c2)[C@@H](O)[C@H]1O. The maximum Gasteiger partial charge on any atom is 0.143 e. The van der Waals surface area contributed by atoms with Crippen LogP contribution in [0.2, 0.25) is 0 Å². The Labute approximate surface area is 205 Å². The van der Waals surface area contributed by atoms with Crippen LogP contribution in [0.3, 0.4) is 0 Å². The molecule has 0 aliphatic heterocycles. The first-order chi connectivity index (χ1) is 17.1. The average Bonchev–Trinajstić information content (AvgIpc) is 3.56. The lowest BCUT2D eigenvalue weighted by Crippen LogP contribution is -2.29. The zero-order chi connectivity index (χ0) is 23.9. The molecule has 3 N–H and O–H groups in total. The molecule has 0 saturated heterocycles. The Morgan fingerprint density at radius 2 is 1.91 bits per heavy atom. The van der Waals surface area contributed by atoms with Gasteiger partial charge in [0.05, 0.1) is 23.4 Å². The Kier molecular flexibility index (Phi) is 5.90. The summed E-state index contributed by atoms with van der Waals surface area (Å²) in [7, 11) is 0. The number of benzene rings is 1. The fourth-order valence-electron chi connectivity index (χ4n) is 5.57. The van der Waals surface area contributed by atoms with Gasteiger partial charge in [-0.25, -0.2) is 15.0 Å². The lowest BCUT2D eigenvalue weighted by molar-refractivity contribution is 0.00545. The highest BCUT2D eigenvalue weighted by molar-refractivity contribution is 5.81. The van der Waals surface area contributed by atoms with Crippen LogP contribution in [0, 0.1) is 11.8 Å². The second-order valence-corrected chi connectivity index (χ2v) is 10.3. The summed E-state index contributed by atoms with van der Waals surface area (Å²) in [5.41, 5.74) is 4.05. The molecule has 0 amide bonds. The summed E-state index contributed by atoms with van der Waals surface area (Å²) in [5.74, 6) is 1.77. The number of hydrogen-bond acceptors (Lipinski definition) is 6. The highest BCUT2D eigenvalue weighted by Gasteiger charge is 2.42. The number of anilines is 1. The summed E-state index contributed by atoms with van der Waals surface area (Å²) in [6.45, 7) is 3.08.